The molecule has 184 valence electrons. The molecule has 3 rings (SSSR count). The summed E-state index contributed by atoms with van der Waals surface area (Å²) in [5.74, 6) is 7.16. The van der Waals surface area contributed by atoms with E-state index in [-0.39, 0.29) is 13.2 Å². The molecule has 0 atom stereocenters. The first-order valence-corrected chi connectivity index (χ1v) is 11.7. The van der Waals surface area contributed by atoms with Crippen molar-refractivity contribution in [2.45, 2.75) is 0 Å². The van der Waals surface area contributed by atoms with Gasteiger partial charge in [0.1, 0.15) is 19.5 Å². The summed E-state index contributed by atoms with van der Waals surface area (Å²) in [5, 5.41) is 16.4. The average molecular weight is 616 g/mol. The third-order valence-corrected chi connectivity index (χ3v) is 5.52. The van der Waals surface area contributed by atoms with Crippen LogP contribution in [-0.4, -0.2) is 54.7 Å². The van der Waals surface area contributed by atoms with Crippen LogP contribution in [0.2, 0.25) is 0 Å². The molecule has 0 aliphatic carbocycles. The zero-order valence-corrected chi connectivity index (χ0v) is 22.4. The molecule has 3 aromatic rings. The van der Waals surface area contributed by atoms with Gasteiger partial charge in [0.2, 0.25) is 0 Å². The number of ether oxygens (including phenoxy) is 4. The van der Waals surface area contributed by atoms with Gasteiger partial charge in [0.15, 0.2) is 23.0 Å². The lowest BCUT2D eigenvalue weighted by molar-refractivity contribution is 0.329. The van der Waals surface area contributed by atoms with Crippen molar-refractivity contribution < 1.29 is 18.9 Å². The number of nitrogens with one attached hydrogen (secondary N) is 1. The maximum absolute atomic E-state index is 5.53. The van der Waals surface area contributed by atoms with Gasteiger partial charge in [0.25, 0.3) is 5.95 Å². The first-order chi connectivity index (χ1) is 17.5. The Kier molecular flexibility index (Phi) is 9.74. The van der Waals surface area contributed by atoms with Crippen LogP contribution < -0.4 is 24.4 Å². The number of methoxy groups -OCH3 is 2. The number of halogens is 2. The standard InChI is InChI=1S/C24H20Br2N6O4/c1-5-7-35-22-18(25)9-16(11-20(22)33-3)13-27-30-24-31-28-15-32(24)29-14-17-10-19(26)23(36-8-6-2)21(12-17)34-4/h1-2,9-15H,7-8H2,3-4H3,(H,30,31). The fourth-order valence-corrected chi connectivity index (χ4v) is 3.97. The molecule has 1 N–H and O–H groups in total. The molecule has 12 heteroatoms. The topological polar surface area (TPSA) is 104 Å². The lowest BCUT2D eigenvalue weighted by Crippen LogP contribution is -2.01. The molecule has 1 aromatic heterocycles. The van der Waals surface area contributed by atoms with E-state index >= 15 is 0 Å². The Morgan fingerprint density at radius 1 is 0.944 bits per heavy atom. The van der Waals surface area contributed by atoms with E-state index in [1.807, 2.05) is 12.1 Å². The van der Waals surface area contributed by atoms with Crippen molar-refractivity contribution in [2.75, 3.05) is 32.9 Å². The molecule has 1 heterocycles. The minimum absolute atomic E-state index is 0.117. The highest BCUT2D eigenvalue weighted by Crippen LogP contribution is 2.37. The number of nitrogens with zero attached hydrogens (tertiary/aromatic N) is 5. The summed E-state index contributed by atoms with van der Waals surface area (Å²) in [6.07, 6.45) is 15.2. The molecule has 0 aliphatic rings. The van der Waals surface area contributed by atoms with E-state index in [1.54, 1.807) is 24.6 Å². The lowest BCUT2D eigenvalue weighted by Gasteiger charge is -2.11. The van der Waals surface area contributed by atoms with Crippen molar-refractivity contribution in [3.8, 4) is 47.7 Å². The summed E-state index contributed by atoms with van der Waals surface area (Å²) in [4.78, 5) is 0. The van der Waals surface area contributed by atoms with Crippen molar-refractivity contribution in [1.29, 1.82) is 0 Å². The molecule has 0 radical (unpaired) electrons. The molecule has 36 heavy (non-hydrogen) atoms. The normalized spacial score (nSPS) is 10.7. The summed E-state index contributed by atoms with van der Waals surface area (Å²) in [7, 11) is 3.08. The molecule has 0 unspecified atom stereocenters. The van der Waals surface area contributed by atoms with Crippen LogP contribution in [0, 0.1) is 24.7 Å². The van der Waals surface area contributed by atoms with Gasteiger partial charge in [-0.05, 0) is 67.3 Å². The number of terminal acetylenes is 2. The second-order valence-corrected chi connectivity index (χ2v) is 8.38. The minimum Gasteiger partial charge on any atom is -0.493 e. The molecule has 0 bridgehead atoms. The van der Waals surface area contributed by atoms with Gasteiger partial charge < -0.3 is 18.9 Å². The molecule has 2 aromatic carbocycles. The third-order valence-electron chi connectivity index (χ3n) is 4.34. The molecule has 0 saturated carbocycles. The van der Waals surface area contributed by atoms with Gasteiger partial charge in [-0.15, -0.1) is 23.0 Å². The Hall–Kier alpha value is -4.00. The first kappa shape index (κ1) is 26.6. The van der Waals surface area contributed by atoms with E-state index in [0.717, 1.165) is 11.1 Å². The van der Waals surface area contributed by atoms with Crippen molar-refractivity contribution in [3.63, 3.8) is 0 Å². The maximum Gasteiger partial charge on any atom is 0.265 e. The Balaban J connectivity index is 1.74. The zero-order chi connectivity index (χ0) is 25.9. The number of hydrogen-bond acceptors (Lipinski definition) is 9. The monoisotopic (exact) mass is 614 g/mol. The first-order valence-electron chi connectivity index (χ1n) is 10.1. The minimum atomic E-state index is 0.117. The van der Waals surface area contributed by atoms with Gasteiger partial charge in [-0.2, -0.15) is 14.9 Å². The number of hydrazone groups is 1. The van der Waals surface area contributed by atoms with Crippen LogP contribution in [0.25, 0.3) is 0 Å². The van der Waals surface area contributed by atoms with Crippen LogP contribution in [0.4, 0.5) is 5.95 Å². The average Bonchev–Trinajstić information content (AvgIpc) is 3.32. The van der Waals surface area contributed by atoms with Crippen molar-refractivity contribution >= 4 is 50.2 Å². The summed E-state index contributed by atoms with van der Waals surface area (Å²) in [6, 6.07) is 7.14. The molecule has 10 nitrogen and oxygen atoms in total. The van der Waals surface area contributed by atoms with Crippen molar-refractivity contribution in [3.05, 3.63) is 50.7 Å². The summed E-state index contributed by atoms with van der Waals surface area (Å²) in [5.41, 5.74) is 4.28. The van der Waals surface area contributed by atoms with Gasteiger partial charge in [0, 0.05) is 0 Å². The lowest BCUT2D eigenvalue weighted by atomic mass is 10.2. The molecule has 0 aliphatic heterocycles. The molecule has 0 fully saturated rings. The molecule has 0 amide bonds. The number of aromatic nitrogens is 3. The van der Waals surface area contributed by atoms with Gasteiger partial charge >= 0.3 is 0 Å². The van der Waals surface area contributed by atoms with Crippen LogP contribution in [0.3, 0.4) is 0 Å². The van der Waals surface area contributed by atoms with Gasteiger partial charge in [-0.3, -0.25) is 0 Å². The highest BCUT2D eigenvalue weighted by molar-refractivity contribution is 9.11. The Labute approximate surface area is 224 Å². The fraction of sp³-hybridized carbons (Fsp3) is 0.167. The van der Waals surface area contributed by atoms with Gasteiger partial charge in [-0.1, -0.05) is 11.8 Å². The summed E-state index contributed by atoms with van der Waals surface area (Å²) in [6.45, 7) is 0.236. The van der Waals surface area contributed by atoms with E-state index in [1.165, 1.54) is 25.2 Å². The van der Waals surface area contributed by atoms with Crippen LogP contribution >= 0.6 is 31.9 Å². The quantitative estimate of drug-likeness (QED) is 0.196. The third kappa shape index (κ3) is 6.78. The van der Waals surface area contributed by atoms with Crippen LogP contribution in [-0.2, 0) is 0 Å². The van der Waals surface area contributed by atoms with Gasteiger partial charge in [-0.25, -0.2) is 5.43 Å². The van der Waals surface area contributed by atoms with E-state index in [4.69, 9.17) is 31.8 Å². The second kappa shape index (κ2) is 13.2. The fourth-order valence-electron chi connectivity index (χ4n) is 2.82. The van der Waals surface area contributed by atoms with Gasteiger partial charge in [0.05, 0.1) is 35.6 Å². The molecule has 0 spiro atoms. The van der Waals surface area contributed by atoms with Crippen LogP contribution in [0.15, 0.2) is 49.7 Å². The smallest absolute Gasteiger partial charge is 0.265 e. The number of benzene rings is 2. The van der Waals surface area contributed by atoms with Crippen LogP contribution in [0.5, 0.6) is 23.0 Å². The van der Waals surface area contributed by atoms with Crippen molar-refractivity contribution in [2.24, 2.45) is 10.2 Å². The van der Waals surface area contributed by atoms with E-state index in [9.17, 15) is 0 Å². The van der Waals surface area contributed by atoms with Crippen molar-refractivity contribution in [1.82, 2.24) is 14.9 Å². The largest absolute Gasteiger partial charge is 0.493 e. The summed E-state index contributed by atoms with van der Waals surface area (Å²) < 4.78 is 24.6. The summed E-state index contributed by atoms with van der Waals surface area (Å²) >= 11 is 6.92. The predicted molar refractivity (Wildman–Crippen MR) is 144 cm³/mol. The van der Waals surface area contributed by atoms with E-state index in [0.29, 0.717) is 37.9 Å². The Morgan fingerprint density at radius 3 is 2.03 bits per heavy atom. The number of hydrogen-bond donors (Lipinski definition) is 1. The Morgan fingerprint density at radius 2 is 1.50 bits per heavy atom. The van der Waals surface area contributed by atoms with E-state index < -0.39 is 0 Å². The number of rotatable bonds is 11. The zero-order valence-electron chi connectivity index (χ0n) is 19.2. The maximum atomic E-state index is 5.53. The highest BCUT2D eigenvalue weighted by Gasteiger charge is 2.12. The van der Waals surface area contributed by atoms with Crippen LogP contribution in [0.1, 0.15) is 11.1 Å². The molecular formula is C24H20Br2N6O4. The highest BCUT2D eigenvalue weighted by atomic mass is 79.9. The molecule has 0 saturated heterocycles. The molecular weight excluding hydrogens is 596 g/mol. The number of anilines is 1. The predicted octanol–water partition coefficient (Wildman–Crippen LogP) is 4.17. The SMILES string of the molecule is C#CCOc1c(Br)cc(C=NNc2nncn2N=Cc2cc(Br)c(OCC#C)c(OC)c2)cc1OC. The second-order valence-electron chi connectivity index (χ2n) is 6.67. The Bertz CT molecular complexity index is 1360. The van der Waals surface area contributed by atoms with E-state index in [2.05, 4.69) is 69.5 Å².